The third-order valence-corrected chi connectivity index (χ3v) is 7.26. The summed E-state index contributed by atoms with van der Waals surface area (Å²) >= 11 is 6.36. The van der Waals surface area contributed by atoms with Crippen molar-refractivity contribution in [1.82, 2.24) is 39.6 Å². The van der Waals surface area contributed by atoms with Crippen molar-refractivity contribution >= 4 is 45.9 Å². The zero-order valence-electron chi connectivity index (χ0n) is 21.8. The van der Waals surface area contributed by atoms with E-state index in [0.717, 1.165) is 11.1 Å². The topological polar surface area (TPSA) is 167 Å². The maximum absolute atomic E-state index is 14.6. The van der Waals surface area contributed by atoms with Crippen molar-refractivity contribution in [2.75, 3.05) is 11.9 Å². The van der Waals surface area contributed by atoms with Gasteiger partial charge in [-0.3, -0.25) is 19.1 Å². The van der Waals surface area contributed by atoms with Gasteiger partial charge in [0.05, 0.1) is 35.2 Å². The van der Waals surface area contributed by atoms with Gasteiger partial charge in [-0.15, -0.1) is 0 Å². The van der Waals surface area contributed by atoms with Gasteiger partial charge in [0.1, 0.15) is 37.1 Å². The molecule has 42 heavy (non-hydrogen) atoms. The van der Waals surface area contributed by atoms with E-state index in [1.54, 1.807) is 54.9 Å². The first kappa shape index (κ1) is 27.0. The number of nitrogens with one attached hydrogen (secondary N) is 1. The number of hydrogen-bond donors (Lipinski definition) is 2. The highest BCUT2D eigenvalue weighted by Gasteiger charge is 2.40. The van der Waals surface area contributed by atoms with E-state index in [1.165, 1.54) is 26.9 Å². The van der Waals surface area contributed by atoms with Crippen molar-refractivity contribution < 1.29 is 18.8 Å². The van der Waals surface area contributed by atoms with Crippen LogP contribution >= 0.6 is 11.6 Å². The molecule has 4 heterocycles. The zero-order valence-corrected chi connectivity index (χ0v) is 22.5. The normalized spacial score (nSPS) is 16.6. The van der Waals surface area contributed by atoms with Crippen LogP contribution in [0.15, 0.2) is 67.5 Å². The third kappa shape index (κ3) is 5.03. The first-order chi connectivity index (χ1) is 20.3. The van der Waals surface area contributed by atoms with E-state index in [-0.39, 0.29) is 25.2 Å². The molecule has 1 aliphatic heterocycles. The highest BCUT2D eigenvalue weighted by molar-refractivity contribution is 6.33. The second kappa shape index (κ2) is 11.0. The van der Waals surface area contributed by atoms with E-state index in [2.05, 4.69) is 30.7 Å². The monoisotopic (exact) mass is 588 g/mol. The lowest BCUT2D eigenvalue weighted by Crippen LogP contribution is -2.44. The molecule has 6 rings (SSSR count). The number of likely N-dealkylation sites (tertiary alicyclic amines) is 1. The van der Waals surface area contributed by atoms with Crippen molar-refractivity contribution in [1.29, 1.82) is 0 Å². The Bertz CT molecular complexity index is 1810. The summed E-state index contributed by atoms with van der Waals surface area (Å²) in [5.41, 5.74) is 8.23. The number of alkyl halides is 1. The molecule has 0 radical (unpaired) electrons. The van der Waals surface area contributed by atoms with Crippen LogP contribution in [0.3, 0.4) is 0 Å². The predicted octanol–water partition coefficient (Wildman–Crippen LogP) is 2.40. The first-order valence-corrected chi connectivity index (χ1v) is 13.1. The fourth-order valence-corrected chi connectivity index (χ4v) is 5.30. The number of benzene rings is 2. The number of nitrogens with zero attached hydrogens (tertiary/aromatic N) is 8. The van der Waals surface area contributed by atoms with Crippen LogP contribution in [0.1, 0.15) is 16.9 Å². The number of fused-ring (bicyclic) bond motifs is 1. The summed E-state index contributed by atoms with van der Waals surface area (Å²) in [6, 6.07) is 10.8. The van der Waals surface area contributed by atoms with Crippen LogP contribution in [-0.4, -0.2) is 76.1 Å². The molecule has 3 amide bonds. The van der Waals surface area contributed by atoms with E-state index in [9.17, 15) is 18.8 Å². The van der Waals surface area contributed by atoms with Crippen molar-refractivity contribution in [3.05, 3.63) is 78.2 Å². The molecule has 5 aromatic rings. The Hall–Kier alpha value is -5.24. The van der Waals surface area contributed by atoms with Crippen LogP contribution in [0.5, 0.6) is 0 Å². The molecule has 2 atom stereocenters. The van der Waals surface area contributed by atoms with Crippen molar-refractivity contribution in [2.45, 2.75) is 25.2 Å². The zero-order chi connectivity index (χ0) is 29.4. The number of anilines is 1. The summed E-state index contributed by atoms with van der Waals surface area (Å²) in [7, 11) is 0. The van der Waals surface area contributed by atoms with Crippen LogP contribution in [-0.2, 0) is 16.1 Å². The van der Waals surface area contributed by atoms with Gasteiger partial charge >= 0.3 is 0 Å². The van der Waals surface area contributed by atoms with Crippen LogP contribution in [0.2, 0.25) is 5.02 Å². The Morgan fingerprint density at radius 3 is 2.71 bits per heavy atom. The van der Waals surface area contributed by atoms with Gasteiger partial charge in [0.15, 0.2) is 5.69 Å². The number of aromatic nitrogens is 7. The summed E-state index contributed by atoms with van der Waals surface area (Å²) in [6.07, 6.45) is 4.26. The number of primary amides is 1. The average molecular weight is 589 g/mol. The van der Waals surface area contributed by atoms with E-state index in [1.807, 2.05) is 0 Å². The molecule has 0 aliphatic carbocycles. The molecule has 2 unspecified atom stereocenters. The van der Waals surface area contributed by atoms with Crippen molar-refractivity contribution in [3.63, 3.8) is 0 Å². The van der Waals surface area contributed by atoms with Crippen molar-refractivity contribution in [2.24, 2.45) is 5.73 Å². The summed E-state index contributed by atoms with van der Waals surface area (Å²) in [6.45, 7) is -0.624. The minimum Gasteiger partial charge on any atom is -0.364 e. The Morgan fingerprint density at radius 2 is 1.98 bits per heavy atom. The quantitative estimate of drug-likeness (QED) is 0.292. The Labute approximate surface area is 242 Å². The summed E-state index contributed by atoms with van der Waals surface area (Å²) < 4.78 is 17.4. The molecule has 0 spiro atoms. The van der Waals surface area contributed by atoms with Gasteiger partial charge in [-0.1, -0.05) is 23.7 Å². The van der Waals surface area contributed by atoms with E-state index < -0.39 is 29.9 Å². The number of amides is 3. The lowest BCUT2D eigenvalue weighted by Gasteiger charge is -2.24. The molecule has 15 heteroatoms. The molecule has 13 nitrogen and oxygen atoms in total. The van der Waals surface area contributed by atoms with Crippen LogP contribution in [0.25, 0.3) is 27.7 Å². The number of nitrogens with two attached hydrogens (primary N) is 1. The second-order valence-corrected chi connectivity index (χ2v) is 10.0. The fraction of sp³-hybridized carbons (Fsp3) is 0.185. The van der Waals surface area contributed by atoms with Gasteiger partial charge in [0.2, 0.25) is 11.8 Å². The summed E-state index contributed by atoms with van der Waals surface area (Å²) in [5.74, 6) is -1.92. The van der Waals surface area contributed by atoms with E-state index >= 15 is 0 Å². The number of para-hydroxylation sites is 1. The first-order valence-electron chi connectivity index (χ1n) is 12.8. The average Bonchev–Trinajstić information content (AvgIpc) is 3.73. The predicted molar refractivity (Wildman–Crippen MR) is 149 cm³/mol. The van der Waals surface area contributed by atoms with Gasteiger partial charge in [0.25, 0.3) is 5.91 Å². The molecule has 0 saturated carbocycles. The van der Waals surface area contributed by atoms with Crippen LogP contribution < -0.4 is 11.1 Å². The molecule has 0 bridgehead atoms. The molecule has 3 N–H and O–H groups in total. The van der Waals surface area contributed by atoms with Gasteiger partial charge in [-0.25, -0.2) is 14.1 Å². The molecule has 2 aromatic carbocycles. The number of carbonyl (C=O) groups excluding carboxylic acids is 3. The largest absolute Gasteiger partial charge is 0.364 e. The lowest BCUT2D eigenvalue weighted by atomic mass is 10.0. The maximum Gasteiger partial charge on any atom is 0.269 e. The van der Waals surface area contributed by atoms with E-state index in [4.69, 9.17) is 17.3 Å². The number of carbonyl (C=O) groups is 3. The number of rotatable bonds is 7. The van der Waals surface area contributed by atoms with Gasteiger partial charge in [-0.05, 0) is 35.9 Å². The molecule has 1 aliphatic rings. The second-order valence-electron chi connectivity index (χ2n) is 9.59. The molecular formula is C27H22ClFN10O3. The number of hydrogen-bond acceptors (Lipinski definition) is 8. The van der Waals surface area contributed by atoms with Crippen LogP contribution in [0, 0.1) is 0 Å². The van der Waals surface area contributed by atoms with Crippen molar-refractivity contribution in [3.8, 4) is 16.8 Å². The highest BCUT2D eigenvalue weighted by atomic mass is 35.5. The SMILES string of the molecule is NC(=O)c1nn(CC(=O)N2CC(F)CC2C(=O)Nc2cccc(Cl)c2-n2cncn2)c2ccc(-c3ccnnc3)cc12. The van der Waals surface area contributed by atoms with Gasteiger partial charge in [0, 0.05) is 17.4 Å². The standard InChI is InChI=1S/C27H22ClFN10O3/c28-19-2-1-3-20(25(19)39-14-31-13-34-39)35-27(42)22-9-17(29)11-37(22)23(40)12-38-21-5-4-15(16-6-7-32-33-10-16)8-18(21)24(36-38)26(30)41/h1-8,10,13-14,17,22H,9,11-12H2,(H2,30,41)(H,35,42). The summed E-state index contributed by atoms with van der Waals surface area (Å²) in [4.78, 5) is 44.2. The van der Waals surface area contributed by atoms with E-state index in [0.29, 0.717) is 27.3 Å². The maximum atomic E-state index is 14.6. The Kier molecular flexibility index (Phi) is 7.04. The number of halogens is 2. The summed E-state index contributed by atoms with van der Waals surface area (Å²) in [5, 5.41) is 19.5. The minimum absolute atomic E-state index is 0.0256. The Morgan fingerprint density at radius 1 is 1.12 bits per heavy atom. The van der Waals surface area contributed by atoms with Gasteiger partial charge < -0.3 is 16.0 Å². The molecular weight excluding hydrogens is 567 g/mol. The van der Waals surface area contributed by atoms with Gasteiger partial charge in [-0.2, -0.15) is 20.4 Å². The smallest absolute Gasteiger partial charge is 0.269 e. The fourth-order valence-electron chi connectivity index (χ4n) is 5.04. The minimum atomic E-state index is -1.41. The highest BCUT2D eigenvalue weighted by Crippen LogP contribution is 2.30. The van der Waals surface area contributed by atoms with Crippen LogP contribution in [0.4, 0.5) is 10.1 Å². The third-order valence-electron chi connectivity index (χ3n) is 6.95. The Balaban J connectivity index is 1.26. The molecule has 1 fully saturated rings. The molecule has 3 aromatic heterocycles. The molecule has 212 valence electrons. The molecule has 1 saturated heterocycles. The lowest BCUT2D eigenvalue weighted by molar-refractivity contribution is -0.137.